The van der Waals surface area contributed by atoms with Gasteiger partial charge in [-0.25, -0.2) is 14.3 Å². The highest BCUT2D eigenvalue weighted by molar-refractivity contribution is 5.98. The van der Waals surface area contributed by atoms with Gasteiger partial charge < -0.3 is 11.1 Å². The van der Waals surface area contributed by atoms with Crippen LogP contribution >= 0.6 is 0 Å². The molecule has 0 radical (unpaired) electrons. The second kappa shape index (κ2) is 9.41. The molecular weight excluding hydrogens is 386 g/mol. The van der Waals surface area contributed by atoms with Crippen molar-refractivity contribution in [2.45, 2.75) is 24.9 Å². The van der Waals surface area contributed by atoms with Crippen molar-refractivity contribution < 1.29 is 23.6 Å². The second-order valence-electron chi connectivity index (χ2n) is 5.98. The Morgan fingerprint density at radius 3 is 2.45 bits per heavy atom. The van der Waals surface area contributed by atoms with Gasteiger partial charge in [-0.15, -0.1) is 5.10 Å². The fraction of sp³-hybridized carbons (Fsp3) is 0.222. The van der Waals surface area contributed by atoms with E-state index in [2.05, 4.69) is 44.4 Å². The third-order valence-corrected chi connectivity index (χ3v) is 3.76. The highest BCUT2D eigenvalue weighted by Gasteiger charge is 2.44. The van der Waals surface area contributed by atoms with Gasteiger partial charge in [-0.2, -0.15) is 10.3 Å². The molecular formula is C18H16F2N6O3. The lowest BCUT2D eigenvalue weighted by atomic mass is 9.92. The Kier molecular flexibility index (Phi) is 6.98. The van der Waals surface area contributed by atoms with E-state index >= 15 is 0 Å². The Hall–Kier alpha value is -3.80. The van der Waals surface area contributed by atoms with Crippen LogP contribution in [0.3, 0.4) is 0 Å². The quantitative estimate of drug-likeness (QED) is 0.266. The van der Waals surface area contributed by atoms with Crippen LogP contribution in [-0.4, -0.2) is 50.4 Å². The molecule has 0 aliphatic carbocycles. The molecule has 2 amide bonds. The molecule has 0 spiro atoms. The van der Waals surface area contributed by atoms with Gasteiger partial charge in [0.15, 0.2) is 5.69 Å². The molecule has 0 saturated heterocycles. The number of rotatable bonds is 5. The van der Waals surface area contributed by atoms with E-state index in [-0.39, 0.29) is 5.56 Å². The topological polar surface area (TPSA) is 146 Å². The Balaban J connectivity index is 2.10. The largest absolute Gasteiger partial charge is 0.338 e. The molecule has 1 aromatic carbocycles. The summed E-state index contributed by atoms with van der Waals surface area (Å²) in [6.07, 6.45) is -1.70. The Morgan fingerprint density at radius 1 is 1.24 bits per heavy atom. The standard InChI is InChI=1S/C18H16F2N6O3/c1-18(21,17(19)20)14(16(28)25-29)23-15(27)12-8-6-11(7-9-12)4-2-3-5-13-10-22-26-24-13/h6-10,14,17,29H,21H2,1H3,(H,23,27)(H,25,28)(H,22,24,26)/t14-,18?/m1/s1. The third-order valence-electron chi connectivity index (χ3n) is 3.76. The number of H-pyrrole nitrogens is 1. The molecule has 11 heteroatoms. The molecule has 9 nitrogen and oxygen atoms in total. The minimum Gasteiger partial charge on any atom is -0.338 e. The fourth-order valence-corrected chi connectivity index (χ4v) is 2.07. The van der Waals surface area contributed by atoms with E-state index in [0.717, 1.165) is 6.92 Å². The average molecular weight is 402 g/mol. The number of halogens is 2. The van der Waals surface area contributed by atoms with Crippen molar-refractivity contribution in [3.63, 3.8) is 0 Å². The van der Waals surface area contributed by atoms with Gasteiger partial charge in [-0.05, 0) is 49.0 Å². The molecule has 2 aromatic rings. The monoisotopic (exact) mass is 402 g/mol. The summed E-state index contributed by atoms with van der Waals surface area (Å²) in [5.74, 6) is 8.49. The number of aromatic nitrogens is 3. The number of hydrogen-bond acceptors (Lipinski definition) is 6. The van der Waals surface area contributed by atoms with Crippen LogP contribution in [0, 0.1) is 23.7 Å². The van der Waals surface area contributed by atoms with Crippen LogP contribution in [0.5, 0.6) is 0 Å². The number of nitrogens with two attached hydrogens (primary N) is 1. The van der Waals surface area contributed by atoms with E-state index in [1.807, 2.05) is 0 Å². The van der Waals surface area contributed by atoms with Gasteiger partial charge in [0.25, 0.3) is 18.2 Å². The lowest BCUT2D eigenvalue weighted by Crippen LogP contribution is -2.66. The number of amides is 2. The molecule has 6 N–H and O–H groups in total. The highest BCUT2D eigenvalue weighted by atomic mass is 19.3. The summed E-state index contributed by atoms with van der Waals surface area (Å²) in [5.41, 5.74) is 5.32. The normalized spacial score (nSPS) is 13.2. The smallest absolute Gasteiger partial charge is 0.268 e. The highest BCUT2D eigenvalue weighted by Crippen LogP contribution is 2.18. The number of hydrogen-bond donors (Lipinski definition) is 5. The van der Waals surface area contributed by atoms with Gasteiger partial charge in [0, 0.05) is 11.1 Å². The first-order chi connectivity index (χ1) is 13.8. The number of nitrogens with zero attached hydrogens (tertiary/aromatic N) is 2. The first kappa shape index (κ1) is 21.5. The molecule has 2 rings (SSSR count). The number of alkyl halides is 2. The van der Waals surface area contributed by atoms with Crippen molar-refractivity contribution >= 4 is 11.8 Å². The Morgan fingerprint density at radius 2 is 1.90 bits per heavy atom. The lowest BCUT2D eigenvalue weighted by Gasteiger charge is -2.32. The number of hydroxylamine groups is 1. The first-order valence-electron chi connectivity index (χ1n) is 8.05. The predicted molar refractivity (Wildman–Crippen MR) is 96.4 cm³/mol. The van der Waals surface area contributed by atoms with Gasteiger partial charge in [-0.3, -0.25) is 14.8 Å². The van der Waals surface area contributed by atoms with Crippen LogP contribution in [0.4, 0.5) is 8.78 Å². The van der Waals surface area contributed by atoms with Crippen LogP contribution in [0.2, 0.25) is 0 Å². The van der Waals surface area contributed by atoms with E-state index in [1.165, 1.54) is 35.9 Å². The second-order valence-corrected chi connectivity index (χ2v) is 5.98. The maximum absolute atomic E-state index is 13.1. The SMILES string of the molecule is CC(N)(C(F)F)[C@H](NC(=O)c1ccc(C#CC#Cc2cn[nH]n2)cc1)C(=O)NO. The molecule has 29 heavy (non-hydrogen) atoms. The molecule has 2 atom stereocenters. The summed E-state index contributed by atoms with van der Waals surface area (Å²) in [6, 6.07) is 3.92. The molecule has 150 valence electrons. The van der Waals surface area contributed by atoms with Crippen LogP contribution in [0.1, 0.15) is 28.5 Å². The van der Waals surface area contributed by atoms with Gasteiger partial charge >= 0.3 is 0 Å². The number of benzene rings is 1. The van der Waals surface area contributed by atoms with E-state index in [4.69, 9.17) is 10.9 Å². The maximum atomic E-state index is 13.1. The van der Waals surface area contributed by atoms with Crippen molar-refractivity contribution in [1.82, 2.24) is 26.2 Å². The van der Waals surface area contributed by atoms with E-state index in [0.29, 0.717) is 11.3 Å². The summed E-state index contributed by atoms with van der Waals surface area (Å²) in [7, 11) is 0. The summed E-state index contributed by atoms with van der Waals surface area (Å²) >= 11 is 0. The number of aromatic amines is 1. The lowest BCUT2D eigenvalue weighted by molar-refractivity contribution is -0.134. The number of carbonyl (C=O) groups excluding carboxylic acids is 2. The average Bonchev–Trinajstić information content (AvgIpc) is 3.22. The van der Waals surface area contributed by atoms with Crippen molar-refractivity contribution in [2.24, 2.45) is 5.73 Å². The minimum absolute atomic E-state index is 0.0741. The van der Waals surface area contributed by atoms with Crippen LogP contribution in [-0.2, 0) is 4.79 Å². The maximum Gasteiger partial charge on any atom is 0.268 e. The zero-order valence-electron chi connectivity index (χ0n) is 15.0. The van der Waals surface area contributed by atoms with Gasteiger partial charge in [0.05, 0.1) is 6.20 Å². The Bertz CT molecular complexity index is 983. The molecule has 0 fully saturated rings. The van der Waals surface area contributed by atoms with Gasteiger partial charge in [0.1, 0.15) is 11.6 Å². The van der Waals surface area contributed by atoms with Crippen LogP contribution in [0.25, 0.3) is 0 Å². The first-order valence-corrected chi connectivity index (χ1v) is 8.05. The zero-order valence-corrected chi connectivity index (χ0v) is 15.0. The van der Waals surface area contributed by atoms with Crippen LogP contribution < -0.4 is 16.5 Å². The third kappa shape index (κ3) is 5.59. The molecule has 0 aliphatic rings. The Labute approximate surface area is 164 Å². The van der Waals surface area contributed by atoms with E-state index in [9.17, 15) is 18.4 Å². The van der Waals surface area contributed by atoms with Gasteiger partial charge in [0.2, 0.25) is 0 Å². The predicted octanol–water partition coefficient (Wildman–Crippen LogP) is -0.206. The summed E-state index contributed by atoms with van der Waals surface area (Å²) < 4.78 is 26.3. The number of nitrogens with one attached hydrogen (secondary N) is 3. The van der Waals surface area contributed by atoms with Crippen LogP contribution in [0.15, 0.2) is 30.5 Å². The summed E-state index contributed by atoms with van der Waals surface area (Å²) in [4.78, 5) is 24.0. The molecule has 1 heterocycles. The van der Waals surface area contributed by atoms with E-state index in [1.54, 1.807) is 0 Å². The molecule has 0 aliphatic heterocycles. The van der Waals surface area contributed by atoms with E-state index < -0.39 is 29.8 Å². The van der Waals surface area contributed by atoms with Crippen molar-refractivity contribution in [3.8, 4) is 23.7 Å². The van der Waals surface area contributed by atoms with Crippen molar-refractivity contribution in [2.75, 3.05) is 0 Å². The van der Waals surface area contributed by atoms with Crippen molar-refractivity contribution in [1.29, 1.82) is 0 Å². The summed E-state index contributed by atoms with van der Waals surface area (Å²) in [6.45, 7) is 0.886. The molecule has 0 saturated carbocycles. The molecule has 1 unspecified atom stereocenters. The fourth-order valence-electron chi connectivity index (χ4n) is 2.07. The number of carbonyl (C=O) groups is 2. The zero-order chi connectivity index (χ0) is 21.4. The minimum atomic E-state index is -3.14. The van der Waals surface area contributed by atoms with Gasteiger partial charge in [-0.1, -0.05) is 5.92 Å². The van der Waals surface area contributed by atoms with Crippen molar-refractivity contribution in [3.05, 3.63) is 47.3 Å². The summed E-state index contributed by atoms with van der Waals surface area (Å²) in [5, 5.41) is 20.6. The molecule has 1 aromatic heterocycles. The molecule has 0 bridgehead atoms.